The standard InChI is InChI=1S/C27H26ClN3O13S/c28-23-21(9-10-41-27(34)43-12-17-3-7-19(8-4-17)31(37)38)24(32)29(23)22(26(45)44-20-13-39-15-40-14-20)25(33)42-11-16-1-5-18(6-2-16)30(35)36/h1-8,20-23H,9-15H2. The second-order valence-corrected chi connectivity index (χ2v) is 10.5. The first kappa shape index (κ1) is 33.4. The van der Waals surface area contributed by atoms with Crippen LogP contribution < -0.4 is 0 Å². The summed E-state index contributed by atoms with van der Waals surface area (Å²) < 4.78 is 31.4. The Kier molecular flexibility index (Phi) is 11.5. The number of alkyl halides is 1. The van der Waals surface area contributed by atoms with Crippen molar-refractivity contribution in [1.82, 2.24) is 4.90 Å². The summed E-state index contributed by atoms with van der Waals surface area (Å²) in [6.45, 7) is -0.384. The Bertz CT molecular complexity index is 1420. The highest BCUT2D eigenvalue weighted by Gasteiger charge is 2.53. The van der Waals surface area contributed by atoms with Crippen molar-refractivity contribution in [2.45, 2.75) is 37.3 Å². The highest BCUT2D eigenvalue weighted by molar-refractivity contribution is 7.80. The zero-order chi connectivity index (χ0) is 32.5. The van der Waals surface area contributed by atoms with Crippen LogP contribution in [0.1, 0.15) is 17.5 Å². The Hall–Kier alpha value is -4.45. The van der Waals surface area contributed by atoms with E-state index < -0.39 is 51.4 Å². The first-order chi connectivity index (χ1) is 21.5. The SMILES string of the molecule is O=C(OCCC1C(=O)N(C(C(=O)OCc2ccc([N+](=O)[O-])cc2)C(=S)OC2COCOC2)C1Cl)OCc1ccc([N+](=O)[O-])cc1. The molecule has 2 saturated heterocycles. The number of ether oxygens (including phenoxy) is 6. The van der Waals surface area contributed by atoms with Crippen molar-refractivity contribution in [3.8, 4) is 0 Å². The van der Waals surface area contributed by atoms with Crippen molar-refractivity contribution in [2.75, 3.05) is 26.6 Å². The highest BCUT2D eigenvalue weighted by atomic mass is 35.5. The average molecular weight is 668 g/mol. The van der Waals surface area contributed by atoms with E-state index in [1.165, 1.54) is 48.5 Å². The van der Waals surface area contributed by atoms with E-state index in [0.717, 1.165) is 4.90 Å². The molecule has 1 amide bonds. The number of rotatable bonds is 13. The van der Waals surface area contributed by atoms with E-state index in [1.807, 2.05) is 0 Å². The fourth-order valence-corrected chi connectivity index (χ4v) is 5.06. The fourth-order valence-electron chi connectivity index (χ4n) is 4.27. The number of nitro benzene ring substituents is 2. The molecule has 45 heavy (non-hydrogen) atoms. The Balaban J connectivity index is 1.31. The van der Waals surface area contributed by atoms with Gasteiger partial charge in [-0.15, -0.1) is 0 Å². The normalized spacial score (nSPS) is 18.7. The number of thiocarbonyl (C=S) groups is 1. The van der Waals surface area contributed by atoms with Gasteiger partial charge in [0.1, 0.15) is 31.6 Å². The van der Waals surface area contributed by atoms with Gasteiger partial charge in [-0.25, -0.2) is 9.59 Å². The number of esters is 1. The van der Waals surface area contributed by atoms with Crippen LogP contribution in [0.15, 0.2) is 48.5 Å². The zero-order valence-corrected chi connectivity index (χ0v) is 24.9. The Morgan fingerprint density at radius 2 is 1.47 bits per heavy atom. The van der Waals surface area contributed by atoms with E-state index in [2.05, 4.69) is 0 Å². The number of carbonyl (C=O) groups is 3. The van der Waals surface area contributed by atoms with Crippen molar-refractivity contribution in [3.63, 3.8) is 0 Å². The van der Waals surface area contributed by atoms with Crippen LogP contribution in [-0.2, 0) is 51.2 Å². The second kappa shape index (κ2) is 15.5. The van der Waals surface area contributed by atoms with Crippen LogP contribution in [0.2, 0.25) is 0 Å². The molecule has 0 bridgehead atoms. The summed E-state index contributed by atoms with van der Waals surface area (Å²) in [5.74, 6) is -2.36. The molecule has 0 aliphatic carbocycles. The molecular weight excluding hydrogens is 642 g/mol. The largest absolute Gasteiger partial charge is 0.508 e. The van der Waals surface area contributed by atoms with Crippen LogP contribution in [0.4, 0.5) is 16.2 Å². The number of carbonyl (C=O) groups excluding carboxylic acids is 3. The molecule has 2 aliphatic heterocycles. The topological polar surface area (TPSA) is 196 Å². The third kappa shape index (κ3) is 8.81. The molecule has 18 heteroatoms. The molecule has 16 nitrogen and oxygen atoms in total. The number of benzene rings is 2. The molecule has 2 heterocycles. The van der Waals surface area contributed by atoms with Gasteiger partial charge in [-0.3, -0.25) is 25.0 Å². The summed E-state index contributed by atoms with van der Waals surface area (Å²) in [6, 6.07) is 9.22. The van der Waals surface area contributed by atoms with Gasteiger partial charge >= 0.3 is 12.1 Å². The monoisotopic (exact) mass is 667 g/mol. The summed E-state index contributed by atoms with van der Waals surface area (Å²) in [5.41, 5.74) is -0.353. The van der Waals surface area contributed by atoms with Gasteiger partial charge in [0.2, 0.25) is 5.91 Å². The van der Waals surface area contributed by atoms with Crippen LogP contribution in [0.3, 0.4) is 0 Å². The summed E-state index contributed by atoms with van der Waals surface area (Å²) in [6.07, 6.45) is -1.68. The molecule has 0 radical (unpaired) electrons. The smallest absolute Gasteiger partial charge is 0.476 e. The lowest BCUT2D eigenvalue weighted by atomic mass is 9.92. The van der Waals surface area contributed by atoms with Gasteiger partial charge in [0.15, 0.2) is 11.1 Å². The van der Waals surface area contributed by atoms with E-state index in [0.29, 0.717) is 11.1 Å². The zero-order valence-electron chi connectivity index (χ0n) is 23.3. The third-order valence-electron chi connectivity index (χ3n) is 6.63. The molecule has 4 rings (SSSR count). The van der Waals surface area contributed by atoms with Gasteiger partial charge in [0.25, 0.3) is 11.4 Å². The van der Waals surface area contributed by atoms with E-state index >= 15 is 0 Å². The predicted molar refractivity (Wildman–Crippen MR) is 155 cm³/mol. The molecule has 2 fully saturated rings. The maximum atomic E-state index is 13.2. The van der Waals surface area contributed by atoms with Crippen molar-refractivity contribution < 1.29 is 52.7 Å². The number of hydrogen-bond donors (Lipinski definition) is 0. The summed E-state index contributed by atoms with van der Waals surface area (Å²) in [7, 11) is 0. The molecule has 240 valence electrons. The Morgan fingerprint density at radius 3 is 1.98 bits per heavy atom. The first-order valence-corrected chi connectivity index (χ1v) is 14.1. The lowest BCUT2D eigenvalue weighted by Crippen LogP contribution is -2.66. The van der Waals surface area contributed by atoms with Crippen LogP contribution >= 0.6 is 23.8 Å². The van der Waals surface area contributed by atoms with Crippen LogP contribution in [-0.4, -0.2) is 82.1 Å². The van der Waals surface area contributed by atoms with Crippen molar-refractivity contribution >= 4 is 58.3 Å². The number of likely N-dealkylation sites (tertiary alicyclic amines) is 1. The van der Waals surface area contributed by atoms with E-state index in [1.54, 1.807) is 0 Å². The summed E-state index contributed by atoms with van der Waals surface area (Å²) in [4.78, 5) is 59.9. The molecule has 0 spiro atoms. The van der Waals surface area contributed by atoms with Gasteiger partial charge in [0, 0.05) is 24.3 Å². The molecule has 0 aromatic heterocycles. The number of amides is 1. The molecular formula is C27H26ClN3O13S. The van der Waals surface area contributed by atoms with Gasteiger partial charge < -0.3 is 33.3 Å². The van der Waals surface area contributed by atoms with E-state index in [4.69, 9.17) is 52.2 Å². The predicted octanol–water partition coefficient (Wildman–Crippen LogP) is 3.40. The minimum absolute atomic E-state index is 0.00137. The molecule has 2 aliphatic rings. The first-order valence-electron chi connectivity index (χ1n) is 13.3. The number of nitro groups is 2. The minimum Gasteiger partial charge on any atom is -0.476 e. The second-order valence-electron chi connectivity index (χ2n) is 9.68. The number of hydrogen-bond acceptors (Lipinski definition) is 14. The maximum absolute atomic E-state index is 13.2. The fraction of sp³-hybridized carbons (Fsp3) is 0.407. The molecule has 2 aromatic carbocycles. The van der Waals surface area contributed by atoms with Crippen LogP contribution in [0.5, 0.6) is 0 Å². The van der Waals surface area contributed by atoms with Crippen LogP contribution in [0.25, 0.3) is 0 Å². The lowest BCUT2D eigenvalue weighted by molar-refractivity contribution is -0.385. The summed E-state index contributed by atoms with van der Waals surface area (Å²) in [5, 5.41) is 21.3. The van der Waals surface area contributed by atoms with Gasteiger partial charge in [0.05, 0.1) is 35.6 Å². The number of halogens is 1. The van der Waals surface area contributed by atoms with E-state index in [9.17, 15) is 34.6 Å². The van der Waals surface area contributed by atoms with Crippen molar-refractivity contribution in [1.29, 1.82) is 0 Å². The van der Waals surface area contributed by atoms with Gasteiger partial charge in [-0.1, -0.05) is 11.6 Å². The molecule has 3 unspecified atom stereocenters. The highest BCUT2D eigenvalue weighted by Crippen LogP contribution is 2.36. The van der Waals surface area contributed by atoms with Gasteiger partial charge in [-0.2, -0.15) is 0 Å². The Labute approximate surface area is 265 Å². The summed E-state index contributed by atoms with van der Waals surface area (Å²) >= 11 is 11.9. The molecule has 2 aromatic rings. The Morgan fingerprint density at radius 1 is 0.933 bits per heavy atom. The quantitative estimate of drug-likeness (QED) is 0.0573. The third-order valence-corrected chi connectivity index (χ3v) is 7.47. The number of nitrogens with zero attached hydrogens (tertiary/aromatic N) is 3. The van der Waals surface area contributed by atoms with Crippen molar-refractivity contribution in [2.24, 2.45) is 5.92 Å². The number of β-lactam (4-membered cyclic amide) rings is 1. The molecule has 0 N–H and O–H groups in total. The lowest BCUT2D eigenvalue weighted by Gasteiger charge is -2.46. The maximum Gasteiger partial charge on any atom is 0.508 e. The van der Waals surface area contributed by atoms with Crippen LogP contribution in [0, 0.1) is 26.1 Å². The molecule has 0 saturated carbocycles. The van der Waals surface area contributed by atoms with E-state index in [-0.39, 0.29) is 62.7 Å². The average Bonchev–Trinajstić information content (AvgIpc) is 3.04. The van der Waals surface area contributed by atoms with Crippen molar-refractivity contribution in [3.05, 3.63) is 79.9 Å². The van der Waals surface area contributed by atoms with Gasteiger partial charge in [-0.05, 0) is 54.0 Å². The molecule has 3 atom stereocenters. The number of non-ortho nitro benzene ring substituents is 2. The minimum atomic E-state index is -1.51.